The van der Waals surface area contributed by atoms with Crippen molar-refractivity contribution in [3.63, 3.8) is 0 Å². The van der Waals surface area contributed by atoms with E-state index in [1.165, 1.54) is 6.07 Å². The van der Waals surface area contributed by atoms with E-state index in [0.29, 0.717) is 22.1 Å². The van der Waals surface area contributed by atoms with Crippen molar-refractivity contribution in [1.29, 1.82) is 5.26 Å². The number of nitriles is 1. The third kappa shape index (κ3) is 2.97. The van der Waals surface area contributed by atoms with Gasteiger partial charge < -0.3 is 5.32 Å². The Morgan fingerprint density at radius 1 is 1.21 bits per heavy atom. The molecule has 4 nitrogen and oxygen atoms in total. The first-order valence-electron chi connectivity index (χ1n) is 7.26. The van der Waals surface area contributed by atoms with E-state index in [2.05, 4.69) is 16.5 Å². The average molecular weight is 341 g/mol. The molecule has 0 amide bonds. The van der Waals surface area contributed by atoms with Crippen LogP contribution in [0.5, 0.6) is 0 Å². The quantitative estimate of drug-likeness (QED) is 0.744. The normalized spacial score (nSPS) is 10.5. The van der Waals surface area contributed by atoms with Crippen LogP contribution in [0, 0.1) is 24.1 Å². The number of hydrogen-bond donors (Lipinski definition) is 1. The van der Waals surface area contributed by atoms with Gasteiger partial charge in [-0.05, 0) is 42.8 Å². The minimum absolute atomic E-state index is 0.317. The van der Waals surface area contributed by atoms with E-state index in [-0.39, 0.29) is 0 Å². The van der Waals surface area contributed by atoms with Gasteiger partial charge >= 0.3 is 0 Å². The zero-order chi connectivity index (χ0) is 17.3. The van der Waals surface area contributed by atoms with Gasteiger partial charge in [-0.2, -0.15) is 10.4 Å². The summed E-state index contributed by atoms with van der Waals surface area (Å²) in [6, 6.07) is 13.8. The standard InChI is InChI=1S/C18H14ClFN4/c1-11-17(13-5-3-12(10-21)4-6-13)18(24(2)23-11)22-16-8-7-14(19)9-15(16)20/h3-9,22H,1-2H3. The highest BCUT2D eigenvalue weighted by molar-refractivity contribution is 6.30. The van der Waals surface area contributed by atoms with Crippen molar-refractivity contribution >= 4 is 23.1 Å². The van der Waals surface area contributed by atoms with E-state index in [4.69, 9.17) is 16.9 Å². The van der Waals surface area contributed by atoms with Crippen LogP contribution >= 0.6 is 11.6 Å². The average Bonchev–Trinajstić information content (AvgIpc) is 2.84. The summed E-state index contributed by atoms with van der Waals surface area (Å²) in [6.45, 7) is 1.89. The number of rotatable bonds is 3. The molecule has 0 aliphatic rings. The number of nitrogens with zero attached hydrogens (tertiary/aromatic N) is 3. The molecule has 0 radical (unpaired) electrons. The van der Waals surface area contributed by atoms with E-state index in [9.17, 15) is 4.39 Å². The Balaban J connectivity index is 2.06. The Labute approximate surface area is 144 Å². The molecule has 2 aromatic carbocycles. The molecule has 6 heteroatoms. The zero-order valence-corrected chi connectivity index (χ0v) is 13.9. The number of benzene rings is 2. The molecule has 1 aromatic heterocycles. The van der Waals surface area contributed by atoms with E-state index in [1.807, 2.05) is 19.1 Å². The second-order valence-electron chi connectivity index (χ2n) is 5.37. The summed E-state index contributed by atoms with van der Waals surface area (Å²) in [5.74, 6) is 0.227. The Kier molecular flexibility index (Phi) is 4.24. The first kappa shape index (κ1) is 16.0. The van der Waals surface area contributed by atoms with Crippen molar-refractivity contribution in [3.8, 4) is 17.2 Å². The maximum atomic E-state index is 14.1. The number of aromatic nitrogens is 2. The molecule has 24 heavy (non-hydrogen) atoms. The fraction of sp³-hybridized carbons (Fsp3) is 0.111. The molecule has 0 spiro atoms. The highest BCUT2D eigenvalue weighted by atomic mass is 35.5. The number of halogens is 2. The highest BCUT2D eigenvalue weighted by Crippen LogP contribution is 2.34. The predicted molar refractivity (Wildman–Crippen MR) is 92.8 cm³/mol. The van der Waals surface area contributed by atoms with Gasteiger partial charge in [0.05, 0.1) is 23.0 Å². The third-order valence-electron chi connectivity index (χ3n) is 3.71. The zero-order valence-electron chi connectivity index (χ0n) is 13.1. The van der Waals surface area contributed by atoms with Gasteiger partial charge in [-0.1, -0.05) is 23.7 Å². The SMILES string of the molecule is Cc1nn(C)c(Nc2ccc(Cl)cc2F)c1-c1ccc(C#N)cc1. The van der Waals surface area contributed by atoms with Gasteiger partial charge in [0.1, 0.15) is 11.6 Å². The van der Waals surface area contributed by atoms with Crippen LogP contribution in [0.15, 0.2) is 42.5 Å². The van der Waals surface area contributed by atoms with Crippen LogP contribution in [0.25, 0.3) is 11.1 Å². The lowest BCUT2D eigenvalue weighted by Gasteiger charge is -2.11. The number of aryl methyl sites for hydroxylation is 2. The molecule has 3 rings (SSSR count). The molecule has 1 N–H and O–H groups in total. The van der Waals surface area contributed by atoms with Crippen LogP contribution in [0.4, 0.5) is 15.9 Å². The molecule has 3 aromatic rings. The molecule has 0 saturated heterocycles. The summed E-state index contributed by atoms with van der Waals surface area (Å²) < 4.78 is 15.8. The topological polar surface area (TPSA) is 53.6 Å². The molecule has 0 aliphatic heterocycles. The molecule has 0 aliphatic carbocycles. The first-order chi connectivity index (χ1) is 11.5. The van der Waals surface area contributed by atoms with Gasteiger partial charge in [-0.3, -0.25) is 4.68 Å². The van der Waals surface area contributed by atoms with Gasteiger partial charge in [0, 0.05) is 17.6 Å². The minimum Gasteiger partial charge on any atom is -0.338 e. The predicted octanol–water partition coefficient (Wildman–Crippen LogP) is 4.80. The second kappa shape index (κ2) is 6.34. The van der Waals surface area contributed by atoms with Crippen molar-refractivity contribution < 1.29 is 4.39 Å². The van der Waals surface area contributed by atoms with Crippen LogP contribution < -0.4 is 5.32 Å². The number of hydrogen-bond acceptors (Lipinski definition) is 3. The summed E-state index contributed by atoms with van der Waals surface area (Å²) in [7, 11) is 1.79. The van der Waals surface area contributed by atoms with Gasteiger partial charge in [0.15, 0.2) is 0 Å². The summed E-state index contributed by atoms with van der Waals surface area (Å²) >= 11 is 5.80. The lowest BCUT2D eigenvalue weighted by Crippen LogP contribution is -2.02. The summed E-state index contributed by atoms with van der Waals surface area (Å²) in [5, 5.41) is 16.8. The Morgan fingerprint density at radius 3 is 2.54 bits per heavy atom. The Hall–Kier alpha value is -2.84. The molecular weight excluding hydrogens is 327 g/mol. The smallest absolute Gasteiger partial charge is 0.148 e. The fourth-order valence-electron chi connectivity index (χ4n) is 2.58. The summed E-state index contributed by atoms with van der Waals surface area (Å²) in [5.41, 5.74) is 3.46. The van der Waals surface area contributed by atoms with E-state index >= 15 is 0 Å². The molecule has 1 heterocycles. The second-order valence-corrected chi connectivity index (χ2v) is 5.81. The molecular formula is C18H14ClFN4. The summed E-state index contributed by atoms with van der Waals surface area (Å²) in [6.07, 6.45) is 0. The fourth-order valence-corrected chi connectivity index (χ4v) is 2.74. The van der Waals surface area contributed by atoms with Gasteiger partial charge in [-0.25, -0.2) is 4.39 Å². The maximum absolute atomic E-state index is 14.1. The minimum atomic E-state index is -0.438. The van der Waals surface area contributed by atoms with E-state index in [1.54, 1.807) is 36.0 Å². The van der Waals surface area contributed by atoms with E-state index < -0.39 is 5.82 Å². The number of nitrogens with one attached hydrogen (secondary N) is 1. The van der Waals surface area contributed by atoms with Crippen molar-refractivity contribution in [2.45, 2.75) is 6.92 Å². The first-order valence-corrected chi connectivity index (χ1v) is 7.63. The molecule has 0 fully saturated rings. The van der Waals surface area contributed by atoms with Crippen molar-refractivity contribution in [3.05, 3.63) is 64.6 Å². The lowest BCUT2D eigenvalue weighted by molar-refractivity contribution is 0.631. The monoisotopic (exact) mass is 340 g/mol. The van der Waals surface area contributed by atoms with Gasteiger partial charge in [-0.15, -0.1) is 0 Å². The highest BCUT2D eigenvalue weighted by Gasteiger charge is 2.16. The van der Waals surface area contributed by atoms with Gasteiger partial charge in [0.2, 0.25) is 0 Å². The van der Waals surface area contributed by atoms with Crippen molar-refractivity contribution in [1.82, 2.24) is 9.78 Å². The van der Waals surface area contributed by atoms with Crippen LogP contribution in [0.1, 0.15) is 11.3 Å². The Bertz CT molecular complexity index is 939. The molecule has 0 unspecified atom stereocenters. The largest absolute Gasteiger partial charge is 0.338 e. The molecule has 0 bridgehead atoms. The number of anilines is 2. The van der Waals surface area contributed by atoms with Crippen LogP contribution in [0.3, 0.4) is 0 Å². The van der Waals surface area contributed by atoms with Crippen LogP contribution in [0.2, 0.25) is 5.02 Å². The molecule has 120 valence electrons. The third-order valence-corrected chi connectivity index (χ3v) is 3.94. The lowest BCUT2D eigenvalue weighted by atomic mass is 10.0. The van der Waals surface area contributed by atoms with Gasteiger partial charge in [0.25, 0.3) is 0 Å². The molecule has 0 saturated carbocycles. The maximum Gasteiger partial charge on any atom is 0.148 e. The molecule has 0 atom stereocenters. The van der Waals surface area contributed by atoms with Crippen LogP contribution in [-0.2, 0) is 7.05 Å². The van der Waals surface area contributed by atoms with E-state index in [0.717, 1.165) is 16.8 Å². The summed E-state index contributed by atoms with van der Waals surface area (Å²) in [4.78, 5) is 0. The van der Waals surface area contributed by atoms with Crippen molar-refractivity contribution in [2.24, 2.45) is 7.05 Å². The Morgan fingerprint density at radius 2 is 1.92 bits per heavy atom. The van der Waals surface area contributed by atoms with Crippen molar-refractivity contribution in [2.75, 3.05) is 5.32 Å². The van der Waals surface area contributed by atoms with Crippen LogP contribution in [-0.4, -0.2) is 9.78 Å².